The van der Waals surface area contributed by atoms with E-state index >= 15 is 0 Å². The minimum Gasteiger partial charge on any atom is -0.492 e. The van der Waals surface area contributed by atoms with E-state index in [2.05, 4.69) is 5.32 Å². The van der Waals surface area contributed by atoms with Crippen molar-refractivity contribution in [2.75, 3.05) is 13.2 Å². The summed E-state index contributed by atoms with van der Waals surface area (Å²) in [6.07, 6.45) is 0. The first-order valence-corrected chi connectivity index (χ1v) is 6.95. The van der Waals surface area contributed by atoms with Crippen molar-refractivity contribution in [1.82, 2.24) is 5.32 Å². The van der Waals surface area contributed by atoms with Crippen LogP contribution in [-0.2, 0) is 0 Å². The van der Waals surface area contributed by atoms with Crippen molar-refractivity contribution in [3.63, 3.8) is 0 Å². The molecule has 0 aliphatic rings. The lowest BCUT2D eigenvalue weighted by atomic mass is 10.2. The molecule has 23 heavy (non-hydrogen) atoms. The monoisotopic (exact) mass is 338 g/mol. The quantitative estimate of drug-likeness (QED) is 0.498. The van der Waals surface area contributed by atoms with E-state index in [1.54, 1.807) is 24.3 Å². The topological polar surface area (TPSA) is 81.5 Å². The van der Waals surface area contributed by atoms with Gasteiger partial charge < -0.3 is 10.1 Å². The van der Waals surface area contributed by atoms with Crippen molar-refractivity contribution in [3.8, 4) is 5.75 Å². The Morgan fingerprint density at radius 2 is 1.96 bits per heavy atom. The van der Waals surface area contributed by atoms with Gasteiger partial charge in [0.2, 0.25) is 0 Å². The molecule has 0 saturated heterocycles. The van der Waals surface area contributed by atoms with Gasteiger partial charge in [0.15, 0.2) is 0 Å². The fourth-order valence-electron chi connectivity index (χ4n) is 1.76. The van der Waals surface area contributed by atoms with Crippen LogP contribution in [0.25, 0.3) is 0 Å². The summed E-state index contributed by atoms with van der Waals surface area (Å²) >= 11 is 5.74. The molecule has 0 spiro atoms. The summed E-state index contributed by atoms with van der Waals surface area (Å²) in [6.45, 7) is 0.333. The Bertz CT molecular complexity index is 722. The van der Waals surface area contributed by atoms with Gasteiger partial charge in [-0.3, -0.25) is 14.9 Å². The molecule has 120 valence electrons. The van der Waals surface area contributed by atoms with E-state index in [0.717, 1.165) is 12.1 Å². The van der Waals surface area contributed by atoms with Gasteiger partial charge in [-0.05, 0) is 30.3 Å². The summed E-state index contributed by atoms with van der Waals surface area (Å²) in [7, 11) is 0. The van der Waals surface area contributed by atoms with E-state index in [0.29, 0.717) is 16.8 Å². The Morgan fingerprint density at radius 1 is 1.26 bits per heavy atom. The van der Waals surface area contributed by atoms with E-state index in [4.69, 9.17) is 16.3 Å². The highest BCUT2D eigenvalue weighted by atomic mass is 35.5. The molecule has 0 radical (unpaired) electrons. The summed E-state index contributed by atoms with van der Waals surface area (Å²) in [5.41, 5.74) is -0.674. The number of benzene rings is 2. The van der Waals surface area contributed by atoms with Gasteiger partial charge in [0.25, 0.3) is 11.6 Å². The van der Waals surface area contributed by atoms with E-state index in [1.165, 1.54) is 0 Å². The molecule has 1 amide bonds. The molecule has 0 fully saturated rings. The predicted octanol–water partition coefficient (Wildman–Crippen LogP) is 3.20. The summed E-state index contributed by atoms with van der Waals surface area (Å²) in [5.74, 6) is -1.03. The predicted molar refractivity (Wildman–Crippen MR) is 82.3 cm³/mol. The molecule has 2 aromatic carbocycles. The second-order valence-electron chi connectivity index (χ2n) is 4.48. The van der Waals surface area contributed by atoms with Crippen LogP contribution in [0.3, 0.4) is 0 Å². The number of amides is 1. The Labute approximate surface area is 136 Å². The second-order valence-corrected chi connectivity index (χ2v) is 4.92. The highest BCUT2D eigenvalue weighted by molar-refractivity contribution is 6.30. The second kappa shape index (κ2) is 7.55. The van der Waals surface area contributed by atoms with E-state index in [-0.39, 0.29) is 18.7 Å². The fourth-order valence-corrected chi connectivity index (χ4v) is 1.89. The highest BCUT2D eigenvalue weighted by Gasteiger charge is 2.15. The van der Waals surface area contributed by atoms with Gasteiger partial charge in [-0.25, -0.2) is 4.39 Å². The number of nitro groups is 1. The third-order valence-corrected chi connectivity index (χ3v) is 3.13. The first-order chi connectivity index (χ1) is 11.0. The number of nitrogens with one attached hydrogen (secondary N) is 1. The Hall–Kier alpha value is -2.67. The van der Waals surface area contributed by atoms with Crippen molar-refractivity contribution in [3.05, 3.63) is 69.0 Å². The van der Waals surface area contributed by atoms with E-state index in [9.17, 15) is 19.3 Å². The Morgan fingerprint density at radius 3 is 2.57 bits per heavy atom. The van der Waals surface area contributed by atoms with Gasteiger partial charge in [-0.2, -0.15) is 0 Å². The molecular weight excluding hydrogens is 327 g/mol. The lowest BCUT2D eigenvalue weighted by Crippen LogP contribution is -2.28. The number of nitrogens with zero attached hydrogens (tertiary/aromatic N) is 1. The van der Waals surface area contributed by atoms with Crippen molar-refractivity contribution < 1.29 is 18.8 Å². The molecule has 0 unspecified atom stereocenters. The largest absolute Gasteiger partial charge is 0.492 e. The lowest BCUT2D eigenvalue weighted by molar-refractivity contribution is -0.385. The maximum Gasteiger partial charge on any atom is 0.272 e. The summed E-state index contributed by atoms with van der Waals surface area (Å²) < 4.78 is 19.0. The van der Waals surface area contributed by atoms with Crippen LogP contribution in [0.2, 0.25) is 5.02 Å². The van der Waals surface area contributed by atoms with Crippen LogP contribution in [0.1, 0.15) is 10.4 Å². The summed E-state index contributed by atoms with van der Waals surface area (Å²) in [6, 6.07) is 9.55. The number of carbonyl (C=O) groups excluding carboxylic acids is 1. The first-order valence-electron chi connectivity index (χ1n) is 6.58. The number of hydrogen-bond acceptors (Lipinski definition) is 4. The van der Waals surface area contributed by atoms with Crippen LogP contribution in [0.15, 0.2) is 42.5 Å². The van der Waals surface area contributed by atoms with Crippen LogP contribution >= 0.6 is 11.6 Å². The number of nitro benzene ring substituents is 1. The average Bonchev–Trinajstić information content (AvgIpc) is 2.52. The van der Waals surface area contributed by atoms with Crippen molar-refractivity contribution in [2.24, 2.45) is 0 Å². The zero-order valence-corrected chi connectivity index (χ0v) is 12.5. The molecule has 2 aromatic rings. The normalized spacial score (nSPS) is 10.2. The molecule has 8 heteroatoms. The molecule has 2 rings (SSSR count). The third kappa shape index (κ3) is 4.65. The van der Waals surface area contributed by atoms with Gasteiger partial charge in [-0.15, -0.1) is 0 Å². The first kappa shape index (κ1) is 16.7. The fraction of sp³-hybridized carbons (Fsp3) is 0.133. The zero-order valence-electron chi connectivity index (χ0n) is 11.8. The molecule has 6 nitrogen and oxygen atoms in total. The third-order valence-electron chi connectivity index (χ3n) is 2.88. The van der Waals surface area contributed by atoms with Crippen LogP contribution in [-0.4, -0.2) is 24.0 Å². The number of carbonyl (C=O) groups is 1. The van der Waals surface area contributed by atoms with Crippen LogP contribution < -0.4 is 10.1 Å². The number of non-ortho nitro benzene ring substituents is 1. The molecule has 0 atom stereocenters. The summed E-state index contributed by atoms with van der Waals surface area (Å²) in [4.78, 5) is 21.6. The van der Waals surface area contributed by atoms with Crippen molar-refractivity contribution in [2.45, 2.75) is 0 Å². The van der Waals surface area contributed by atoms with E-state index in [1.807, 2.05) is 0 Å². The molecule has 0 saturated carbocycles. The van der Waals surface area contributed by atoms with E-state index < -0.39 is 22.3 Å². The molecule has 0 aliphatic heterocycles. The summed E-state index contributed by atoms with van der Waals surface area (Å²) in [5, 5.41) is 13.6. The van der Waals surface area contributed by atoms with Crippen LogP contribution in [0.5, 0.6) is 5.75 Å². The van der Waals surface area contributed by atoms with Crippen molar-refractivity contribution >= 4 is 23.2 Å². The number of hydrogen-bond donors (Lipinski definition) is 1. The average molecular weight is 339 g/mol. The highest BCUT2D eigenvalue weighted by Crippen LogP contribution is 2.17. The van der Waals surface area contributed by atoms with Gasteiger partial charge in [0, 0.05) is 11.1 Å². The maximum atomic E-state index is 13.7. The lowest BCUT2D eigenvalue weighted by Gasteiger charge is -2.08. The Kier molecular flexibility index (Phi) is 5.48. The molecule has 0 heterocycles. The molecule has 1 N–H and O–H groups in total. The molecule has 0 aliphatic carbocycles. The molecule has 0 bridgehead atoms. The minimum absolute atomic E-state index is 0.151. The van der Waals surface area contributed by atoms with Gasteiger partial charge in [0.05, 0.1) is 23.1 Å². The number of halogens is 2. The zero-order chi connectivity index (χ0) is 16.8. The number of ether oxygens (including phenoxy) is 1. The van der Waals surface area contributed by atoms with Crippen LogP contribution in [0, 0.1) is 15.9 Å². The SMILES string of the molecule is O=C(NCCOc1ccc(Cl)cc1)c1ccc([N+](=O)[O-])cc1F. The van der Waals surface area contributed by atoms with Crippen LogP contribution in [0.4, 0.5) is 10.1 Å². The van der Waals surface area contributed by atoms with Gasteiger partial charge in [0.1, 0.15) is 18.2 Å². The van der Waals surface area contributed by atoms with Gasteiger partial charge >= 0.3 is 0 Å². The van der Waals surface area contributed by atoms with Gasteiger partial charge in [-0.1, -0.05) is 11.6 Å². The van der Waals surface area contributed by atoms with Crippen molar-refractivity contribution in [1.29, 1.82) is 0 Å². The number of rotatable bonds is 6. The molecule has 0 aromatic heterocycles. The minimum atomic E-state index is -0.949. The Balaban J connectivity index is 1.85. The maximum absolute atomic E-state index is 13.7. The standard InChI is InChI=1S/C15H12ClFN2O4/c16-10-1-4-12(5-2-10)23-8-7-18-15(20)13-6-3-11(19(21)22)9-14(13)17/h1-6,9H,7-8H2,(H,18,20). The molecular formula is C15H12ClFN2O4. The smallest absolute Gasteiger partial charge is 0.272 e.